The van der Waals surface area contributed by atoms with Crippen LogP contribution in [0, 0.1) is 11.3 Å². The van der Waals surface area contributed by atoms with Crippen LogP contribution in [0.25, 0.3) is 0 Å². The summed E-state index contributed by atoms with van der Waals surface area (Å²) in [5, 5.41) is 12.4. The molecule has 0 fully saturated rings. The predicted molar refractivity (Wildman–Crippen MR) is 98.8 cm³/mol. The van der Waals surface area contributed by atoms with Gasteiger partial charge in [-0.05, 0) is 42.8 Å². The number of nitrogens with zero attached hydrogens (tertiary/aromatic N) is 1. The van der Waals surface area contributed by atoms with Gasteiger partial charge in [0.2, 0.25) is 0 Å². The highest BCUT2D eigenvalue weighted by atomic mass is 35.5. The first-order valence-electron chi connectivity index (χ1n) is 7.55. The Morgan fingerprint density at radius 2 is 1.96 bits per heavy atom. The van der Waals surface area contributed by atoms with E-state index < -0.39 is 10.0 Å². The Kier molecular flexibility index (Phi) is 6.12. The average molecular weight is 380 g/mol. The minimum absolute atomic E-state index is 0.00195. The Labute approximate surface area is 152 Å². The van der Waals surface area contributed by atoms with Gasteiger partial charge in [-0.3, -0.25) is 4.72 Å². The number of hydrogen-bond acceptors (Lipinski definition) is 5. The Bertz CT molecular complexity index is 908. The molecule has 25 heavy (non-hydrogen) atoms. The minimum atomic E-state index is -3.87. The highest BCUT2D eigenvalue weighted by Gasteiger charge is 2.18. The molecular formula is C17H18ClN3O3S. The van der Waals surface area contributed by atoms with Gasteiger partial charge in [0.05, 0.1) is 40.0 Å². The molecule has 0 unspecified atom stereocenters. The van der Waals surface area contributed by atoms with Crippen molar-refractivity contribution < 1.29 is 13.2 Å². The normalized spacial score (nSPS) is 10.8. The lowest BCUT2D eigenvalue weighted by molar-refractivity contribution is 0.414. The molecule has 132 valence electrons. The number of anilines is 2. The van der Waals surface area contributed by atoms with E-state index in [-0.39, 0.29) is 9.92 Å². The highest BCUT2D eigenvalue weighted by molar-refractivity contribution is 7.92. The maximum absolute atomic E-state index is 12.7. The molecule has 0 aliphatic carbocycles. The summed E-state index contributed by atoms with van der Waals surface area (Å²) < 4.78 is 32.9. The van der Waals surface area contributed by atoms with Crippen molar-refractivity contribution >= 4 is 33.0 Å². The summed E-state index contributed by atoms with van der Waals surface area (Å²) in [5.41, 5.74) is 1.26. The second-order valence-electron chi connectivity index (χ2n) is 5.20. The van der Waals surface area contributed by atoms with Gasteiger partial charge in [0.25, 0.3) is 10.0 Å². The standard InChI is InChI=1S/C17H18ClN3O3S/c1-3-8-20-15-6-4-12(11-19)9-16(15)21-25(22,23)13-5-7-17(24-2)14(18)10-13/h4-7,9-10,20-21H,3,8H2,1-2H3. The van der Waals surface area contributed by atoms with Crippen molar-refractivity contribution in [1.82, 2.24) is 0 Å². The topological polar surface area (TPSA) is 91.2 Å². The number of sulfonamides is 1. The summed E-state index contributed by atoms with van der Waals surface area (Å²) in [7, 11) is -2.42. The van der Waals surface area contributed by atoms with Crippen LogP contribution in [0.2, 0.25) is 5.02 Å². The van der Waals surface area contributed by atoms with E-state index in [1.165, 1.54) is 31.4 Å². The zero-order valence-corrected chi connectivity index (χ0v) is 15.4. The highest BCUT2D eigenvalue weighted by Crippen LogP contribution is 2.30. The molecule has 0 aliphatic heterocycles. The van der Waals surface area contributed by atoms with Crippen molar-refractivity contribution in [2.24, 2.45) is 0 Å². The molecule has 6 nitrogen and oxygen atoms in total. The summed E-state index contributed by atoms with van der Waals surface area (Å²) in [4.78, 5) is 0.00195. The number of nitriles is 1. The van der Waals surface area contributed by atoms with Crippen LogP contribution in [-0.4, -0.2) is 22.1 Å². The van der Waals surface area contributed by atoms with Gasteiger partial charge >= 0.3 is 0 Å². The lowest BCUT2D eigenvalue weighted by Crippen LogP contribution is -2.15. The second-order valence-corrected chi connectivity index (χ2v) is 7.29. The number of ether oxygens (including phenoxy) is 1. The van der Waals surface area contributed by atoms with Crippen molar-refractivity contribution in [1.29, 1.82) is 5.26 Å². The fraction of sp³-hybridized carbons (Fsp3) is 0.235. The van der Waals surface area contributed by atoms with E-state index in [0.717, 1.165) is 6.42 Å². The Morgan fingerprint density at radius 1 is 1.20 bits per heavy atom. The third kappa shape index (κ3) is 4.56. The summed E-state index contributed by atoms with van der Waals surface area (Å²) in [5.74, 6) is 0.386. The maximum Gasteiger partial charge on any atom is 0.262 e. The first-order valence-corrected chi connectivity index (χ1v) is 9.41. The molecule has 0 radical (unpaired) electrons. The first kappa shape index (κ1) is 18.9. The molecule has 2 N–H and O–H groups in total. The quantitative estimate of drug-likeness (QED) is 0.762. The van der Waals surface area contributed by atoms with E-state index in [2.05, 4.69) is 10.0 Å². The Morgan fingerprint density at radius 3 is 2.56 bits per heavy atom. The summed E-state index contributed by atoms with van der Waals surface area (Å²) in [6.07, 6.45) is 0.875. The van der Waals surface area contributed by atoms with Crippen LogP contribution >= 0.6 is 11.6 Å². The van der Waals surface area contributed by atoms with Crippen LogP contribution in [0.4, 0.5) is 11.4 Å². The molecule has 8 heteroatoms. The second kappa shape index (κ2) is 8.10. The number of halogens is 1. The van der Waals surface area contributed by atoms with E-state index in [9.17, 15) is 8.42 Å². The fourth-order valence-electron chi connectivity index (χ4n) is 2.13. The fourth-order valence-corrected chi connectivity index (χ4v) is 3.55. The summed E-state index contributed by atoms with van der Waals surface area (Å²) in [6.45, 7) is 2.68. The van der Waals surface area contributed by atoms with Crippen LogP contribution in [-0.2, 0) is 10.0 Å². The van der Waals surface area contributed by atoms with Gasteiger partial charge < -0.3 is 10.1 Å². The molecule has 0 heterocycles. The van der Waals surface area contributed by atoms with Gasteiger partial charge in [-0.1, -0.05) is 18.5 Å². The van der Waals surface area contributed by atoms with Gasteiger partial charge in [0.15, 0.2) is 0 Å². The number of nitrogens with one attached hydrogen (secondary N) is 2. The van der Waals surface area contributed by atoms with Crippen LogP contribution in [0.15, 0.2) is 41.3 Å². The molecule has 0 aromatic heterocycles. The molecule has 2 aromatic rings. The molecule has 0 saturated carbocycles. The molecule has 2 aromatic carbocycles. The van der Waals surface area contributed by atoms with Crippen molar-refractivity contribution in [2.45, 2.75) is 18.2 Å². The number of rotatable bonds is 7. The molecule has 0 bridgehead atoms. The summed E-state index contributed by atoms with van der Waals surface area (Å²) >= 11 is 6.01. The lowest BCUT2D eigenvalue weighted by Gasteiger charge is -2.15. The molecule has 0 aliphatic rings. The van der Waals surface area contributed by atoms with Crippen LogP contribution in [0.3, 0.4) is 0 Å². The maximum atomic E-state index is 12.7. The van der Waals surface area contributed by atoms with Gasteiger partial charge in [0, 0.05) is 6.54 Å². The van der Waals surface area contributed by atoms with Crippen LogP contribution < -0.4 is 14.8 Å². The van der Waals surface area contributed by atoms with Gasteiger partial charge in [-0.25, -0.2) is 8.42 Å². The third-order valence-electron chi connectivity index (χ3n) is 3.39. The average Bonchev–Trinajstić information content (AvgIpc) is 2.60. The van der Waals surface area contributed by atoms with E-state index in [0.29, 0.717) is 29.2 Å². The van der Waals surface area contributed by atoms with Crippen LogP contribution in [0.5, 0.6) is 5.75 Å². The zero-order valence-electron chi connectivity index (χ0n) is 13.8. The Hall–Kier alpha value is -2.43. The SMILES string of the molecule is CCCNc1ccc(C#N)cc1NS(=O)(=O)c1ccc(OC)c(Cl)c1. The predicted octanol–water partition coefficient (Wildman–Crippen LogP) is 3.84. The lowest BCUT2D eigenvalue weighted by atomic mass is 10.2. The van der Waals surface area contributed by atoms with Crippen molar-refractivity contribution in [3.05, 3.63) is 47.0 Å². The smallest absolute Gasteiger partial charge is 0.262 e. The molecule has 0 amide bonds. The van der Waals surface area contributed by atoms with Gasteiger partial charge in [-0.15, -0.1) is 0 Å². The molecule has 0 saturated heterocycles. The number of methoxy groups -OCH3 is 1. The molecular weight excluding hydrogens is 362 g/mol. The van der Waals surface area contributed by atoms with Crippen LogP contribution in [0.1, 0.15) is 18.9 Å². The van der Waals surface area contributed by atoms with E-state index in [1.807, 2.05) is 13.0 Å². The van der Waals surface area contributed by atoms with Crippen molar-refractivity contribution in [3.63, 3.8) is 0 Å². The van der Waals surface area contributed by atoms with E-state index in [4.69, 9.17) is 21.6 Å². The minimum Gasteiger partial charge on any atom is -0.495 e. The third-order valence-corrected chi connectivity index (χ3v) is 5.05. The number of benzene rings is 2. The van der Waals surface area contributed by atoms with E-state index in [1.54, 1.807) is 12.1 Å². The van der Waals surface area contributed by atoms with Crippen molar-refractivity contribution in [3.8, 4) is 11.8 Å². The molecule has 0 atom stereocenters. The van der Waals surface area contributed by atoms with E-state index >= 15 is 0 Å². The Balaban J connectivity index is 2.39. The van der Waals surface area contributed by atoms with Crippen molar-refractivity contribution in [2.75, 3.05) is 23.7 Å². The molecule has 2 rings (SSSR count). The zero-order chi connectivity index (χ0) is 18.4. The summed E-state index contributed by atoms with van der Waals surface area (Å²) in [6, 6.07) is 11.0. The molecule has 0 spiro atoms. The monoisotopic (exact) mass is 379 g/mol. The van der Waals surface area contributed by atoms with Gasteiger partial charge in [0.1, 0.15) is 5.75 Å². The number of hydrogen-bond donors (Lipinski definition) is 2. The largest absolute Gasteiger partial charge is 0.495 e. The first-order chi connectivity index (χ1) is 11.9. The van der Waals surface area contributed by atoms with Gasteiger partial charge in [-0.2, -0.15) is 5.26 Å².